The highest BCUT2D eigenvalue weighted by molar-refractivity contribution is 5.95. The predicted octanol–water partition coefficient (Wildman–Crippen LogP) is 2.35. The molecule has 0 bridgehead atoms. The number of carbonyl (C=O) groups is 4. The largest absolute Gasteiger partial charge is 0.480 e. The highest BCUT2D eigenvalue weighted by atomic mass is 16.5. The van der Waals surface area contributed by atoms with Crippen LogP contribution in [0, 0.1) is 0 Å². The molecule has 0 aliphatic carbocycles. The summed E-state index contributed by atoms with van der Waals surface area (Å²) in [5.41, 5.74) is 0.177. The van der Waals surface area contributed by atoms with Crippen LogP contribution in [0.5, 0.6) is 0 Å². The molecule has 2 rings (SSSR count). The van der Waals surface area contributed by atoms with Gasteiger partial charge in [0.25, 0.3) is 0 Å². The molecule has 0 fully saturated rings. The molecule has 2 aromatic rings. The standard InChI is InChI=1S/C25H31N3O6/c1-17(22(30)31)28(4)23(32)25(2,3)27-21(29)20(15-18-11-7-5-8-12-18)26-24(33)34-16-19-13-9-6-10-14-19/h5-14,17,20H,15-16H2,1-4H3,(H,26,33)(H,27,29)(H,30,31)/t17-,20-/m0/s1. The molecule has 0 aliphatic heterocycles. The first-order valence-corrected chi connectivity index (χ1v) is 10.8. The maximum Gasteiger partial charge on any atom is 0.408 e. The van der Waals surface area contributed by atoms with Gasteiger partial charge in [0, 0.05) is 13.5 Å². The molecule has 0 saturated carbocycles. The van der Waals surface area contributed by atoms with Crippen LogP contribution in [0.3, 0.4) is 0 Å². The predicted molar refractivity (Wildman–Crippen MR) is 126 cm³/mol. The van der Waals surface area contributed by atoms with Crippen molar-refractivity contribution in [1.29, 1.82) is 0 Å². The van der Waals surface area contributed by atoms with Gasteiger partial charge in [0.1, 0.15) is 24.2 Å². The lowest BCUT2D eigenvalue weighted by atomic mass is 10.00. The average molecular weight is 470 g/mol. The van der Waals surface area contributed by atoms with Crippen LogP contribution in [0.4, 0.5) is 4.79 Å². The summed E-state index contributed by atoms with van der Waals surface area (Å²) < 4.78 is 5.25. The van der Waals surface area contributed by atoms with E-state index >= 15 is 0 Å². The zero-order valence-corrected chi connectivity index (χ0v) is 19.8. The van der Waals surface area contributed by atoms with E-state index in [1.165, 1.54) is 27.8 Å². The first kappa shape index (κ1) is 26.4. The summed E-state index contributed by atoms with van der Waals surface area (Å²) in [4.78, 5) is 50.7. The first-order valence-electron chi connectivity index (χ1n) is 10.8. The minimum atomic E-state index is -1.42. The molecule has 0 spiro atoms. The van der Waals surface area contributed by atoms with Gasteiger partial charge in [-0.25, -0.2) is 9.59 Å². The summed E-state index contributed by atoms with van der Waals surface area (Å²) >= 11 is 0. The molecule has 9 nitrogen and oxygen atoms in total. The molecule has 0 saturated heterocycles. The first-order chi connectivity index (χ1) is 16.0. The van der Waals surface area contributed by atoms with Gasteiger partial charge in [-0.1, -0.05) is 60.7 Å². The second-order valence-corrected chi connectivity index (χ2v) is 8.49. The lowest BCUT2D eigenvalue weighted by molar-refractivity contribution is -0.151. The smallest absolute Gasteiger partial charge is 0.408 e. The normalized spacial score (nSPS) is 12.7. The van der Waals surface area contributed by atoms with Gasteiger partial charge < -0.3 is 25.4 Å². The monoisotopic (exact) mass is 469 g/mol. The number of amides is 3. The van der Waals surface area contributed by atoms with Crippen molar-refractivity contribution in [1.82, 2.24) is 15.5 Å². The van der Waals surface area contributed by atoms with E-state index in [-0.39, 0.29) is 13.0 Å². The van der Waals surface area contributed by atoms with Crippen LogP contribution in [0.2, 0.25) is 0 Å². The van der Waals surface area contributed by atoms with Gasteiger partial charge >= 0.3 is 12.1 Å². The molecule has 182 valence electrons. The zero-order chi connectivity index (χ0) is 25.3. The quantitative estimate of drug-likeness (QED) is 0.491. The van der Waals surface area contributed by atoms with Gasteiger partial charge in [-0.3, -0.25) is 9.59 Å². The number of nitrogens with one attached hydrogen (secondary N) is 2. The number of ether oxygens (including phenoxy) is 1. The molecule has 3 N–H and O–H groups in total. The molecule has 2 aromatic carbocycles. The second-order valence-electron chi connectivity index (χ2n) is 8.49. The van der Waals surface area contributed by atoms with Crippen molar-refractivity contribution in [2.75, 3.05) is 7.05 Å². The van der Waals surface area contributed by atoms with E-state index in [4.69, 9.17) is 4.74 Å². The molecule has 0 aromatic heterocycles. The van der Waals surface area contributed by atoms with Crippen LogP contribution in [-0.2, 0) is 32.1 Å². The van der Waals surface area contributed by atoms with Gasteiger partial charge in [-0.05, 0) is 31.9 Å². The van der Waals surface area contributed by atoms with Crippen molar-refractivity contribution >= 4 is 23.9 Å². The van der Waals surface area contributed by atoms with E-state index in [9.17, 15) is 24.3 Å². The fourth-order valence-corrected chi connectivity index (χ4v) is 3.20. The van der Waals surface area contributed by atoms with Gasteiger partial charge in [0.15, 0.2) is 0 Å². The van der Waals surface area contributed by atoms with Gasteiger partial charge in [0.2, 0.25) is 11.8 Å². The van der Waals surface area contributed by atoms with Crippen molar-refractivity contribution in [3.8, 4) is 0 Å². The van der Waals surface area contributed by atoms with Gasteiger partial charge in [-0.15, -0.1) is 0 Å². The topological polar surface area (TPSA) is 125 Å². The summed E-state index contributed by atoms with van der Waals surface area (Å²) in [6, 6.07) is 16.1. The fourth-order valence-electron chi connectivity index (χ4n) is 3.20. The minimum absolute atomic E-state index is 0.0359. The summed E-state index contributed by atoms with van der Waals surface area (Å²) in [5.74, 6) is -2.35. The Balaban J connectivity index is 2.12. The summed E-state index contributed by atoms with van der Waals surface area (Å²) in [7, 11) is 1.36. The van der Waals surface area contributed by atoms with Crippen molar-refractivity contribution in [3.05, 3.63) is 71.8 Å². The molecule has 3 amide bonds. The Morgan fingerprint density at radius 1 is 0.971 bits per heavy atom. The van der Waals surface area contributed by atoms with E-state index in [0.717, 1.165) is 16.0 Å². The number of hydrogen-bond donors (Lipinski definition) is 3. The number of carboxylic acids is 1. The lowest BCUT2D eigenvalue weighted by Gasteiger charge is -2.33. The highest BCUT2D eigenvalue weighted by Crippen LogP contribution is 2.12. The molecule has 0 heterocycles. The number of nitrogens with zero attached hydrogens (tertiary/aromatic N) is 1. The van der Waals surface area contributed by atoms with E-state index in [2.05, 4.69) is 10.6 Å². The molecule has 0 unspecified atom stereocenters. The maximum atomic E-state index is 13.1. The summed E-state index contributed by atoms with van der Waals surface area (Å²) in [6.45, 7) is 4.37. The Morgan fingerprint density at radius 3 is 2.03 bits per heavy atom. The average Bonchev–Trinajstić information content (AvgIpc) is 2.81. The van der Waals surface area contributed by atoms with Crippen molar-refractivity contribution in [3.63, 3.8) is 0 Å². The number of likely N-dealkylation sites (N-methyl/N-ethyl adjacent to an activating group) is 1. The Bertz CT molecular complexity index is 994. The number of benzene rings is 2. The van der Waals surface area contributed by atoms with Crippen LogP contribution < -0.4 is 10.6 Å². The fraction of sp³-hybridized carbons (Fsp3) is 0.360. The van der Waals surface area contributed by atoms with Crippen molar-refractivity contribution in [2.45, 2.75) is 51.4 Å². The van der Waals surface area contributed by atoms with Crippen LogP contribution >= 0.6 is 0 Å². The van der Waals surface area contributed by atoms with Crippen LogP contribution in [0.1, 0.15) is 31.9 Å². The molecule has 0 aliphatic rings. The van der Waals surface area contributed by atoms with Crippen molar-refractivity contribution < 1.29 is 29.0 Å². The Morgan fingerprint density at radius 2 is 1.50 bits per heavy atom. The number of carbonyl (C=O) groups excluding carboxylic acids is 3. The van der Waals surface area contributed by atoms with E-state index in [1.54, 1.807) is 0 Å². The number of rotatable bonds is 10. The third-order valence-corrected chi connectivity index (χ3v) is 5.33. The van der Waals surface area contributed by atoms with E-state index in [0.29, 0.717) is 0 Å². The molecular formula is C25H31N3O6. The van der Waals surface area contributed by atoms with Crippen LogP contribution in [-0.4, -0.2) is 58.6 Å². The SMILES string of the molecule is C[C@@H](C(=O)O)N(C)C(=O)C(C)(C)NC(=O)[C@H](Cc1ccccc1)NC(=O)OCc1ccccc1. The number of hydrogen-bond acceptors (Lipinski definition) is 5. The zero-order valence-electron chi connectivity index (χ0n) is 19.8. The number of alkyl carbamates (subject to hydrolysis) is 1. The number of aliphatic carboxylic acids is 1. The molecular weight excluding hydrogens is 438 g/mol. The van der Waals surface area contributed by atoms with E-state index in [1.807, 2.05) is 60.7 Å². The molecule has 34 heavy (non-hydrogen) atoms. The summed E-state index contributed by atoms with van der Waals surface area (Å²) in [6.07, 6.45) is -0.612. The number of carboxylic acid groups (broad SMARTS) is 1. The molecule has 0 radical (unpaired) electrons. The summed E-state index contributed by atoms with van der Waals surface area (Å²) in [5, 5.41) is 14.4. The van der Waals surface area contributed by atoms with Crippen molar-refractivity contribution in [2.24, 2.45) is 0 Å². The second kappa shape index (κ2) is 11.8. The van der Waals surface area contributed by atoms with Crippen LogP contribution in [0.15, 0.2) is 60.7 Å². The lowest BCUT2D eigenvalue weighted by Crippen LogP contribution is -2.61. The maximum absolute atomic E-state index is 13.1. The Hall–Kier alpha value is -3.88. The Kier molecular flexibility index (Phi) is 9.18. The molecule has 2 atom stereocenters. The van der Waals surface area contributed by atoms with Gasteiger partial charge in [0.05, 0.1) is 0 Å². The highest BCUT2D eigenvalue weighted by Gasteiger charge is 2.37. The van der Waals surface area contributed by atoms with E-state index < -0.39 is 41.5 Å². The minimum Gasteiger partial charge on any atom is -0.480 e. The molecule has 9 heteroatoms. The van der Waals surface area contributed by atoms with Gasteiger partial charge in [-0.2, -0.15) is 0 Å². The third-order valence-electron chi connectivity index (χ3n) is 5.33. The van der Waals surface area contributed by atoms with Crippen LogP contribution in [0.25, 0.3) is 0 Å². The Labute approximate surface area is 199 Å². The third kappa shape index (κ3) is 7.61.